The lowest BCUT2D eigenvalue weighted by Gasteiger charge is -2.32. The van der Waals surface area contributed by atoms with Gasteiger partial charge in [0.2, 0.25) is 11.8 Å². The summed E-state index contributed by atoms with van der Waals surface area (Å²) in [5.41, 5.74) is 2.30. The third-order valence-corrected chi connectivity index (χ3v) is 7.03. The molecule has 7 nitrogen and oxygen atoms in total. The Labute approximate surface area is 222 Å². The van der Waals surface area contributed by atoms with E-state index in [1.165, 1.54) is 43.1 Å². The maximum absolute atomic E-state index is 13.4. The maximum atomic E-state index is 13.4. The average molecular weight is 540 g/mol. The quantitative estimate of drug-likeness (QED) is 0.402. The van der Waals surface area contributed by atoms with E-state index >= 15 is 0 Å². The predicted molar refractivity (Wildman–Crippen MR) is 143 cm³/mol. The van der Waals surface area contributed by atoms with Crippen LogP contribution in [0.5, 0.6) is 0 Å². The van der Waals surface area contributed by atoms with E-state index in [0.29, 0.717) is 40.1 Å². The number of halogens is 2. The summed E-state index contributed by atoms with van der Waals surface area (Å²) in [6.07, 6.45) is 0.551. The van der Waals surface area contributed by atoms with Crippen LogP contribution in [0.4, 0.5) is 15.8 Å². The zero-order valence-electron chi connectivity index (χ0n) is 19.8. The van der Waals surface area contributed by atoms with Crippen LogP contribution in [0.25, 0.3) is 0 Å². The summed E-state index contributed by atoms with van der Waals surface area (Å²) in [5, 5.41) is 3.05. The Balaban J connectivity index is 1.51. The Kier molecular flexibility index (Phi) is 8.58. The van der Waals surface area contributed by atoms with E-state index in [1.54, 1.807) is 41.3 Å². The number of ether oxygens (including phenoxy) is 1. The van der Waals surface area contributed by atoms with Gasteiger partial charge in [-0.25, -0.2) is 14.2 Å². The van der Waals surface area contributed by atoms with Gasteiger partial charge in [-0.15, -0.1) is 0 Å². The first kappa shape index (κ1) is 26.4. The van der Waals surface area contributed by atoms with Gasteiger partial charge in [-0.2, -0.15) is 0 Å². The van der Waals surface area contributed by atoms with E-state index in [-0.39, 0.29) is 18.2 Å². The summed E-state index contributed by atoms with van der Waals surface area (Å²) in [7, 11) is 1.29. The van der Waals surface area contributed by atoms with Crippen molar-refractivity contribution < 1.29 is 23.5 Å². The number of carbonyl (C=O) groups excluding carboxylic acids is 3. The molecule has 0 spiro atoms. The molecule has 2 amide bonds. The monoisotopic (exact) mass is 539 g/mol. The molecule has 1 heterocycles. The van der Waals surface area contributed by atoms with E-state index in [1.807, 2.05) is 12.1 Å². The Hall–Kier alpha value is -3.69. The van der Waals surface area contributed by atoms with Crippen LogP contribution in [0.1, 0.15) is 22.3 Å². The van der Waals surface area contributed by atoms with Crippen molar-refractivity contribution >= 4 is 57.7 Å². The fourth-order valence-electron chi connectivity index (χ4n) is 3.61. The number of rotatable bonds is 7. The number of aliphatic imine (C=N–C) groups is 1. The van der Waals surface area contributed by atoms with Crippen molar-refractivity contribution in [1.29, 1.82) is 0 Å². The number of amides is 2. The molecule has 3 aromatic carbocycles. The summed E-state index contributed by atoms with van der Waals surface area (Å²) in [6, 6.07) is 19.2. The zero-order valence-corrected chi connectivity index (χ0v) is 21.4. The smallest absolute Gasteiger partial charge is 0.337 e. The van der Waals surface area contributed by atoms with Gasteiger partial charge in [0.1, 0.15) is 11.1 Å². The number of amidine groups is 1. The Bertz CT molecular complexity index is 1310. The minimum atomic E-state index is -0.723. The highest BCUT2D eigenvalue weighted by molar-refractivity contribution is 8.15. The fourth-order valence-corrected chi connectivity index (χ4v) is 4.86. The van der Waals surface area contributed by atoms with Crippen LogP contribution in [-0.2, 0) is 20.7 Å². The van der Waals surface area contributed by atoms with Crippen LogP contribution in [0.3, 0.4) is 0 Å². The lowest BCUT2D eigenvalue weighted by atomic mass is 10.1. The summed E-state index contributed by atoms with van der Waals surface area (Å²) in [6.45, 7) is 0.358. The summed E-state index contributed by atoms with van der Waals surface area (Å²) in [4.78, 5) is 43.9. The van der Waals surface area contributed by atoms with Gasteiger partial charge in [0, 0.05) is 23.7 Å². The van der Waals surface area contributed by atoms with Crippen molar-refractivity contribution in [3.8, 4) is 0 Å². The molecular formula is C27H23ClFN3O4S. The maximum Gasteiger partial charge on any atom is 0.337 e. The molecule has 1 fully saturated rings. The minimum absolute atomic E-state index is 0.0141. The molecule has 10 heteroatoms. The second kappa shape index (κ2) is 12.0. The van der Waals surface area contributed by atoms with Crippen LogP contribution < -0.4 is 5.32 Å². The van der Waals surface area contributed by atoms with Crippen LogP contribution in [0, 0.1) is 5.82 Å². The van der Waals surface area contributed by atoms with Gasteiger partial charge >= 0.3 is 5.97 Å². The lowest BCUT2D eigenvalue weighted by Crippen LogP contribution is -2.46. The number of methoxy groups -OCH3 is 1. The SMILES string of the molecule is COC(=O)c1ccc(NC(=O)[C@@H]2CC(=O)N(CCc3ccc(Cl)cc3)C(=Nc3ccc(F)cc3)S2)cc1. The highest BCUT2D eigenvalue weighted by atomic mass is 35.5. The highest BCUT2D eigenvalue weighted by Gasteiger charge is 2.35. The molecule has 1 aliphatic rings. The molecule has 0 unspecified atom stereocenters. The Morgan fingerprint density at radius 2 is 1.76 bits per heavy atom. The van der Waals surface area contributed by atoms with Gasteiger partial charge < -0.3 is 10.1 Å². The largest absolute Gasteiger partial charge is 0.465 e. The molecule has 1 saturated heterocycles. The van der Waals surface area contributed by atoms with E-state index in [2.05, 4.69) is 15.0 Å². The molecule has 4 rings (SSSR count). The molecule has 190 valence electrons. The first-order valence-electron chi connectivity index (χ1n) is 11.4. The van der Waals surface area contributed by atoms with Crippen molar-refractivity contribution in [3.05, 3.63) is 94.8 Å². The highest BCUT2D eigenvalue weighted by Crippen LogP contribution is 2.30. The van der Waals surface area contributed by atoms with E-state index < -0.39 is 17.0 Å². The first-order valence-corrected chi connectivity index (χ1v) is 12.6. The van der Waals surface area contributed by atoms with E-state index in [9.17, 15) is 18.8 Å². The van der Waals surface area contributed by atoms with Crippen LogP contribution in [0.15, 0.2) is 77.8 Å². The van der Waals surface area contributed by atoms with Gasteiger partial charge in [-0.05, 0) is 72.6 Å². The molecule has 1 N–H and O–H groups in total. The zero-order chi connectivity index (χ0) is 26.4. The second-order valence-electron chi connectivity index (χ2n) is 8.16. The lowest BCUT2D eigenvalue weighted by molar-refractivity contribution is -0.129. The summed E-state index contributed by atoms with van der Waals surface area (Å²) in [5.74, 6) is -1.49. The van der Waals surface area contributed by atoms with Crippen molar-refractivity contribution in [1.82, 2.24) is 4.90 Å². The van der Waals surface area contributed by atoms with Gasteiger partial charge in [0.25, 0.3) is 0 Å². The first-order chi connectivity index (χ1) is 17.8. The van der Waals surface area contributed by atoms with Gasteiger partial charge in [0.15, 0.2) is 5.17 Å². The van der Waals surface area contributed by atoms with E-state index in [0.717, 1.165) is 5.56 Å². The molecule has 0 radical (unpaired) electrons. The summed E-state index contributed by atoms with van der Waals surface area (Å²) >= 11 is 7.14. The number of nitrogens with zero attached hydrogens (tertiary/aromatic N) is 2. The number of esters is 1. The molecule has 3 aromatic rings. The molecule has 1 atom stereocenters. The number of anilines is 1. The van der Waals surface area contributed by atoms with Gasteiger partial charge in [-0.1, -0.05) is 35.5 Å². The standard InChI is InChI=1S/C27H23ClFN3O4S/c1-36-26(35)18-4-10-21(11-5-18)30-25(34)23-16-24(33)32(15-14-17-2-6-19(28)7-3-17)27(37-23)31-22-12-8-20(29)9-13-22/h2-13,23H,14-16H2,1H3,(H,30,34)/t23-/m0/s1. The number of benzene rings is 3. The average Bonchev–Trinajstić information content (AvgIpc) is 2.90. The summed E-state index contributed by atoms with van der Waals surface area (Å²) < 4.78 is 18.1. The number of carbonyl (C=O) groups is 3. The number of nitrogens with one attached hydrogen (secondary N) is 1. The van der Waals surface area contributed by atoms with Crippen molar-refractivity contribution in [2.45, 2.75) is 18.1 Å². The number of thioether (sulfide) groups is 1. The normalized spacial score (nSPS) is 16.5. The molecule has 0 bridgehead atoms. The third-order valence-electron chi connectivity index (χ3n) is 5.59. The van der Waals surface area contributed by atoms with Gasteiger partial charge in [0.05, 0.1) is 18.4 Å². The van der Waals surface area contributed by atoms with Crippen LogP contribution >= 0.6 is 23.4 Å². The van der Waals surface area contributed by atoms with E-state index in [4.69, 9.17) is 11.6 Å². The van der Waals surface area contributed by atoms with Crippen molar-refractivity contribution in [3.63, 3.8) is 0 Å². The third kappa shape index (κ3) is 6.96. The Morgan fingerprint density at radius 1 is 1.08 bits per heavy atom. The molecule has 0 aromatic heterocycles. The molecule has 1 aliphatic heterocycles. The molecule has 37 heavy (non-hydrogen) atoms. The topological polar surface area (TPSA) is 88.1 Å². The number of hydrogen-bond donors (Lipinski definition) is 1. The van der Waals surface area contributed by atoms with Crippen molar-refractivity contribution in [2.75, 3.05) is 19.0 Å². The van der Waals surface area contributed by atoms with Crippen LogP contribution in [-0.4, -0.2) is 46.8 Å². The van der Waals surface area contributed by atoms with Gasteiger partial charge in [-0.3, -0.25) is 14.5 Å². The fraction of sp³-hybridized carbons (Fsp3) is 0.185. The minimum Gasteiger partial charge on any atom is -0.465 e. The molecular weight excluding hydrogens is 517 g/mol. The number of hydrogen-bond acceptors (Lipinski definition) is 6. The Morgan fingerprint density at radius 3 is 2.41 bits per heavy atom. The molecule has 0 aliphatic carbocycles. The predicted octanol–water partition coefficient (Wildman–Crippen LogP) is 5.47. The second-order valence-corrected chi connectivity index (χ2v) is 9.77. The van der Waals surface area contributed by atoms with Crippen molar-refractivity contribution in [2.24, 2.45) is 4.99 Å². The molecule has 0 saturated carbocycles. The van der Waals surface area contributed by atoms with Crippen LogP contribution in [0.2, 0.25) is 5.02 Å².